The third kappa shape index (κ3) is 7.95. The Morgan fingerprint density at radius 1 is 1.09 bits per heavy atom. The Balaban J connectivity index is 0.000000203. The van der Waals surface area contributed by atoms with Gasteiger partial charge in [-0.25, -0.2) is 18.1 Å². The number of hydrogen-bond donors (Lipinski definition) is 0. The molecule has 2 aliphatic rings. The van der Waals surface area contributed by atoms with Crippen LogP contribution in [0.5, 0.6) is 0 Å². The van der Waals surface area contributed by atoms with E-state index in [0.717, 1.165) is 14.5 Å². The van der Waals surface area contributed by atoms with Crippen LogP contribution in [0.2, 0.25) is 0 Å². The minimum atomic E-state index is 0. The Hall–Kier alpha value is -1.81. The molecule has 0 amide bonds. The molecule has 2 aliphatic carbocycles. The van der Waals surface area contributed by atoms with E-state index in [1.807, 2.05) is 19.1 Å². The summed E-state index contributed by atoms with van der Waals surface area (Å²) in [5, 5.41) is 5.58. The van der Waals surface area contributed by atoms with Gasteiger partial charge in [-0.15, -0.1) is 58.9 Å². The van der Waals surface area contributed by atoms with E-state index in [-0.39, 0.29) is 26.2 Å². The predicted molar refractivity (Wildman–Crippen MR) is 142 cm³/mol. The van der Waals surface area contributed by atoms with E-state index in [4.69, 9.17) is 0 Å². The van der Waals surface area contributed by atoms with Gasteiger partial charge in [0.25, 0.3) is 0 Å². The molecule has 0 spiro atoms. The summed E-state index contributed by atoms with van der Waals surface area (Å²) in [6.45, 7) is 7.61. The first-order valence-electron chi connectivity index (χ1n) is 11.1. The molecule has 32 heavy (non-hydrogen) atoms. The summed E-state index contributed by atoms with van der Waals surface area (Å²) in [6.07, 6.45) is 18.6. The van der Waals surface area contributed by atoms with Gasteiger partial charge in [-0.1, -0.05) is 70.1 Å². The molecule has 1 fully saturated rings. The number of allylic oxidation sites excluding steroid dienone is 7. The molecule has 0 N–H and O–H groups in total. The Bertz CT molecular complexity index is 1030. The van der Waals surface area contributed by atoms with Crippen LogP contribution in [-0.2, 0) is 26.2 Å². The molecule has 0 saturated heterocycles. The minimum Gasteiger partial charge on any atom is -0.227 e. The quantitative estimate of drug-likeness (QED) is 0.190. The van der Waals surface area contributed by atoms with Crippen molar-refractivity contribution >= 4 is 30.0 Å². The van der Waals surface area contributed by atoms with E-state index in [0.29, 0.717) is 0 Å². The summed E-state index contributed by atoms with van der Waals surface area (Å²) >= 11 is 0. The molecule has 2 unspecified atom stereocenters. The van der Waals surface area contributed by atoms with Crippen LogP contribution in [0.1, 0.15) is 31.7 Å². The van der Waals surface area contributed by atoms with E-state index in [9.17, 15) is 0 Å². The second-order valence-corrected chi connectivity index (χ2v) is 9.25. The molecule has 0 nitrogen and oxygen atoms in total. The fraction of sp³-hybridized carbons (Fsp3) is 0.200. The minimum absolute atomic E-state index is 0. The van der Waals surface area contributed by atoms with Crippen LogP contribution < -0.4 is 10.6 Å². The first-order valence-corrected chi connectivity index (χ1v) is 12.1. The molecular weight excluding hydrogens is 483 g/mol. The van der Waals surface area contributed by atoms with Crippen molar-refractivity contribution in [2.24, 2.45) is 5.92 Å². The Kier molecular flexibility index (Phi) is 11.9. The maximum absolute atomic E-state index is 3.46. The predicted octanol–water partition coefficient (Wildman–Crippen LogP) is 7.73. The molecule has 2 heteroatoms. The molecule has 2 atom stereocenters. The van der Waals surface area contributed by atoms with Gasteiger partial charge in [-0.2, -0.15) is 6.07 Å². The van der Waals surface area contributed by atoms with Crippen molar-refractivity contribution in [1.82, 2.24) is 0 Å². The van der Waals surface area contributed by atoms with Crippen molar-refractivity contribution in [3.8, 4) is 0 Å². The van der Waals surface area contributed by atoms with Crippen molar-refractivity contribution in [2.75, 3.05) is 0 Å². The average molecular weight is 516 g/mol. The molecule has 0 heterocycles. The van der Waals surface area contributed by atoms with Crippen LogP contribution in [0.25, 0.3) is 10.8 Å². The molecule has 1 saturated carbocycles. The number of benzene rings is 2. The zero-order valence-corrected chi connectivity index (χ0v) is 22.7. The fourth-order valence-electron chi connectivity index (χ4n) is 3.89. The van der Waals surface area contributed by atoms with Crippen molar-refractivity contribution in [1.29, 1.82) is 0 Å². The zero-order valence-electron chi connectivity index (χ0n) is 19.2. The van der Waals surface area contributed by atoms with E-state index < -0.39 is 0 Å². The molecule has 3 aromatic rings. The van der Waals surface area contributed by atoms with E-state index in [1.165, 1.54) is 46.2 Å². The maximum atomic E-state index is 3.46. The average Bonchev–Trinajstić information content (AvgIpc) is 3.43. The normalized spacial score (nSPS) is 16.3. The first-order chi connectivity index (χ1) is 15.2. The molecule has 5 rings (SSSR count). The summed E-state index contributed by atoms with van der Waals surface area (Å²) in [6, 6.07) is 21.8. The topological polar surface area (TPSA) is 0 Å². The Morgan fingerprint density at radius 3 is 2.56 bits per heavy atom. The fourth-order valence-corrected chi connectivity index (χ4v) is 5.12. The molecule has 0 bridgehead atoms. The number of aryl methyl sites for hydroxylation is 1. The van der Waals surface area contributed by atoms with Crippen molar-refractivity contribution in [3.05, 3.63) is 121 Å². The van der Waals surface area contributed by atoms with Crippen LogP contribution in [0, 0.1) is 19.3 Å². The smallest absolute Gasteiger partial charge is 0.227 e. The molecule has 0 aliphatic heterocycles. The standard InChI is InChI=1S/C16H14P.C9H11.C5H8.Zr/c1-12-6-2-5-9-16(12)17-15-10-13-7-3-4-8-14(13)11-15;1-2-5-9-7-3-6-8(9)4-1;1-3-5-4-2;/h2-11,17H,1H3;1-2,4,6,9H,3,5,7H2;3-5H,1H2,2H3;/q2*-1;;+2. The first kappa shape index (κ1) is 26.4. The van der Waals surface area contributed by atoms with Crippen LogP contribution in [0.15, 0.2) is 109 Å². The van der Waals surface area contributed by atoms with Gasteiger partial charge in [0.2, 0.25) is 0 Å². The summed E-state index contributed by atoms with van der Waals surface area (Å²) in [7, 11) is 0.759. The SMILES string of the molecule is C1=CCC2CC[CH-]C2=C1.C=CC=CC.Cc1ccccc1Pc1cc2ccccc2[cH-]1.[Zr+2]. The van der Waals surface area contributed by atoms with Gasteiger partial charge in [0.1, 0.15) is 0 Å². The number of hydrogen-bond acceptors (Lipinski definition) is 0. The second kappa shape index (κ2) is 14.4. The summed E-state index contributed by atoms with van der Waals surface area (Å²) in [5.74, 6) is 0.884. The van der Waals surface area contributed by atoms with Crippen LogP contribution in [0.3, 0.4) is 0 Å². The molecule has 0 radical (unpaired) electrons. The monoisotopic (exact) mass is 514 g/mol. The van der Waals surface area contributed by atoms with Crippen LogP contribution in [0.4, 0.5) is 0 Å². The summed E-state index contributed by atoms with van der Waals surface area (Å²) in [5.41, 5.74) is 2.97. The molecule has 3 aromatic carbocycles. The van der Waals surface area contributed by atoms with Gasteiger partial charge in [-0.3, -0.25) is 0 Å². The third-order valence-electron chi connectivity index (χ3n) is 5.58. The Labute approximate surface area is 215 Å². The van der Waals surface area contributed by atoms with Gasteiger partial charge < -0.3 is 0 Å². The van der Waals surface area contributed by atoms with Crippen LogP contribution in [-0.4, -0.2) is 0 Å². The maximum Gasteiger partial charge on any atom is 2.00 e. The number of fused-ring (bicyclic) bond motifs is 2. The van der Waals surface area contributed by atoms with E-state index in [1.54, 1.807) is 11.6 Å². The van der Waals surface area contributed by atoms with Crippen molar-refractivity contribution in [2.45, 2.75) is 33.1 Å². The zero-order chi connectivity index (χ0) is 21.9. The summed E-state index contributed by atoms with van der Waals surface area (Å²) in [4.78, 5) is 0. The molecular formula is C30H33PZr. The third-order valence-corrected chi connectivity index (χ3v) is 6.99. The van der Waals surface area contributed by atoms with E-state index >= 15 is 0 Å². The van der Waals surface area contributed by atoms with Crippen molar-refractivity contribution < 1.29 is 26.2 Å². The van der Waals surface area contributed by atoms with Gasteiger partial charge in [0.15, 0.2) is 0 Å². The largest absolute Gasteiger partial charge is 2.00 e. The number of rotatable bonds is 3. The van der Waals surface area contributed by atoms with Gasteiger partial charge in [-0.05, 0) is 37.1 Å². The summed E-state index contributed by atoms with van der Waals surface area (Å²) < 4.78 is 0. The van der Waals surface area contributed by atoms with Gasteiger partial charge in [0, 0.05) is 0 Å². The molecule has 0 aromatic heterocycles. The van der Waals surface area contributed by atoms with Gasteiger partial charge in [0.05, 0.1) is 0 Å². The van der Waals surface area contributed by atoms with Crippen molar-refractivity contribution in [3.63, 3.8) is 0 Å². The molecule has 162 valence electrons. The second-order valence-electron chi connectivity index (χ2n) is 7.88. The van der Waals surface area contributed by atoms with E-state index in [2.05, 4.69) is 98.8 Å². The van der Waals surface area contributed by atoms with Gasteiger partial charge >= 0.3 is 26.2 Å². The Morgan fingerprint density at radius 2 is 1.88 bits per heavy atom. The van der Waals surface area contributed by atoms with Crippen LogP contribution >= 0.6 is 8.58 Å².